The third kappa shape index (κ3) is 3.27. The van der Waals surface area contributed by atoms with E-state index in [0.717, 1.165) is 37.4 Å². The summed E-state index contributed by atoms with van der Waals surface area (Å²) < 4.78 is 0. The summed E-state index contributed by atoms with van der Waals surface area (Å²) in [4.78, 5) is 25.9. The van der Waals surface area contributed by atoms with Crippen molar-refractivity contribution >= 4 is 11.9 Å². The van der Waals surface area contributed by atoms with Crippen molar-refractivity contribution in [1.82, 2.24) is 20.3 Å². The van der Waals surface area contributed by atoms with Gasteiger partial charge in [-0.1, -0.05) is 0 Å². The standard InChI is InChI=1S/C16H21N5O/c1-12-5-8-17-14(12)15(22)20-10-13-4-2-9-21(11-13)16-18-6-3-7-19-16/h3,5-8,13,17H,2,4,9-11H2,1H3,(H,20,22). The number of rotatable bonds is 4. The van der Waals surface area contributed by atoms with E-state index in [1.807, 2.05) is 19.1 Å². The molecule has 0 aliphatic carbocycles. The number of nitrogens with one attached hydrogen (secondary N) is 2. The molecule has 22 heavy (non-hydrogen) atoms. The Labute approximate surface area is 130 Å². The number of hydrogen-bond acceptors (Lipinski definition) is 4. The van der Waals surface area contributed by atoms with E-state index < -0.39 is 0 Å². The topological polar surface area (TPSA) is 73.9 Å². The molecule has 0 radical (unpaired) electrons. The summed E-state index contributed by atoms with van der Waals surface area (Å²) in [6, 6.07) is 3.73. The monoisotopic (exact) mass is 299 g/mol. The van der Waals surface area contributed by atoms with Crippen molar-refractivity contribution in [2.75, 3.05) is 24.5 Å². The van der Waals surface area contributed by atoms with Crippen LogP contribution >= 0.6 is 0 Å². The van der Waals surface area contributed by atoms with Crippen LogP contribution in [0.5, 0.6) is 0 Å². The van der Waals surface area contributed by atoms with Gasteiger partial charge in [0, 0.05) is 38.2 Å². The number of carbonyl (C=O) groups excluding carboxylic acids is 1. The van der Waals surface area contributed by atoms with Gasteiger partial charge in [0.1, 0.15) is 5.69 Å². The SMILES string of the molecule is Cc1cc[nH]c1C(=O)NCC1CCCN(c2ncccn2)C1. The summed E-state index contributed by atoms with van der Waals surface area (Å²) in [5, 5.41) is 3.03. The van der Waals surface area contributed by atoms with E-state index in [1.165, 1.54) is 0 Å². The summed E-state index contributed by atoms with van der Waals surface area (Å²) in [6.45, 7) is 4.47. The van der Waals surface area contributed by atoms with Gasteiger partial charge in [-0.2, -0.15) is 0 Å². The van der Waals surface area contributed by atoms with Crippen LogP contribution in [0.2, 0.25) is 0 Å². The van der Waals surface area contributed by atoms with Gasteiger partial charge in [0.2, 0.25) is 5.95 Å². The predicted molar refractivity (Wildman–Crippen MR) is 84.8 cm³/mol. The first-order chi connectivity index (χ1) is 10.7. The molecule has 6 heteroatoms. The number of amides is 1. The first-order valence-corrected chi connectivity index (χ1v) is 7.68. The molecule has 2 aromatic heterocycles. The van der Waals surface area contributed by atoms with Crippen molar-refractivity contribution in [3.63, 3.8) is 0 Å². The van der Waals surface area contributed by atoms with Gasteiger partial charge in [-0.3, -0.25) is 4.79 Å². The van der Waals surface area contributed by atoms with Gasteiger partial charge in [-0.05, 0) is 43.4 Å². The predicted octanol–water partition coefficient (Wildman–Crippen LogP) is 1.76. The molecule has 0 spiro atoms. The molecule has 1 saturated heterocycles. The van der Waals surface area contributed by atoms with Crippen LogP contribution in [-0.4, -0.2) is 40.5 Å². The lowest BCUT2D eigenvalue weighted by molar-refractivity contribution is 0.0940. The van der Waals surface area contributed by atoms with Gasteiger partial charge in [-0.25, -0.2) is 9.97 Å². The molecule has 116 valence electrons. The van der Waals surface area contributed by atoms with Crippen molar-refractivity contribution < 1.29 is 4.79 Å². The third-order valence-electron chi connectivity index (χ3n) is 4.09. The Morgan fingerprint density at radius 1 is 1.45 bits per heavy atom. The first-order valence-electron chi connectivity index (χ1n) is 7.68. The maximum absolute atomic E-state index is 12.1. The van der Waals surface area contributed by atoms with E-state index >= 15 is 0 Å². The van der Waals surface area contributed by atoms with Crippen LogP contribution in [0.3, 0.4) is 0 Å². The Hall–Kier alpha value is -2.37. The lowest BCUT2D eigenvalue weighted by Crippen LogP contribution is -2.41. The van der Waals surface area contributed by atoms with Gasteiger partial charge < -0.3 is 15.2 Å². The zero-order chi connectivity index (χ0) is 15.4. The molecule has 3 heterocycles. The van der Waals surface area contributed by atoms with E-state index in [1.54, 1.807) is 18.6 Å². The number of hydrogen-bond donors (Lipinski definition) is 2. The van der Waals surface area contributed by atoms with Crippen LogP contribution in [0.25, 0.3) is 0 Å². The fraction of sp³-hybridized carbons (Fsp3) is 0.438. The van der Waals surface area contributed by atoms with Gasteiger partial charge in [0.25, 0.3) is 5.91 Å². The van der Waals surface area contributed by atoms with Crippen LogP contribution in [0, 0.1) is 12.8 Å². The van der Waals surface area contributed by atoms with E-state index in [4.69, 9.17) is 0 Å². The number of aromatic amines is 1. The molecule has 1 unspecified atom stereocenters. The number of piperidine rings is 1. The molecule has 1 amide bonds. The van der Waals surface area contributed by atoms with Crippen LogP contribution in [0.4, 0.5) is 5.95 Å². The van der Waals surface area contributed by atoms with Crippen molar-refractivity contribution in [3.8, 4) is 0 Å². The van der Waals surface area contributed by atoms with E-state index in [-0.39, 0.29) is 5.91 Å². The second-order valence-corrected chi connectivity index (χ2v) is 5.75. The number of carbonyl (C=O) groups is 1. The highest BCUT2D eigenvalue weighted by Crippen LogP contribution is 2.19. The second kappa shape index (κ2) is 6.60. The van der Waals surface area contributed by atoms with Crippen LogP contribution < -0.4 is 10.2 Å². The highest BCUT2D eigenvalue weighted by Gasteiger charge is 2.22. The van der Waals surface area contributed by atoms with Crippen molar-refractivity contribution in [3.05, 3.63) is 42.0 Å². The van der Waals surface area contributed by atoms with Crippen LogP contribution in [0.15, 0.2) is 30.7 Å². The molecule has 1 fully saturated rings. The average molecular weight is 299 g/mol. The van der Waals surface area contributed by atoms with Crippen LogP contribution in [0.1, 0.15) is 28.9 Å². The minimum absolute atomic E-state index is 0.0319. The van der Waals surface area contributed by atoms with E-state index in [2.05, 4.69) is 25.2 Å². The highest BCUT2D eigenvalue weighted by molar-refractivity contribution is 5.93. The molecule has 0 saturated carbocycles. The molecular formula is C16H21N5O. The summed E-state index contributed by atoms with van der Waals surface area (Å²) in [6.07, 6.45) is 7.54. The van der Waals surface area contributed by atoms with Crippen molar-refractivity contribution in [1.29, 1.82) is 0 Å². The fourth-order valence-electron chi connectivity index (χ4n) is 2.89. The maximum Gasteiger partial charge on any atom is 0.267 e. The number of H-pyrrole nitrogens is 1. The molecule has 0 aromatic carbocycles. The summed E-state index contributed by atoms with van der Waals surface area (Å²) >= 11 is 0. The van der Waals surface area contributed by atoms with E-state index in [9.17, 15) is 4.79 Å². The fourth-order valence-corrected chi connectivity index (χ4v) is 2.89. The number of aryl methyl sites for hydroxylation is 1. The molecule has 0 bridgehead atoms. The molecule has 2 N–H and O–H groups in total. The molecule has 2 aromatic rings. The number of anilines is 1. The largest absolute Gasteiger partial charge is 0.357 e. The third-order valence-corrected chi connectivity index (χ3v) is 4.09. The Morgan fingerprint density at radius 3 is 3.00 bits per heavy atom. The minimum Gasteiger partial charge on any atom is -0.357 e. The first kappa shape index (κ1) is 14.6. The molecule has 1 aliphatic heterocycles. The van der Waals surface area contributed by atoms with Gasteiger partial charge >= 0.3 is 0 Å². The zero-order valence-corrected chi connectivity index (χ0v) is 12.7. The summed E-state index contributed by atoms with van der Waals surface area (Å²) in [5.41, 5.74) is 1.62. The average Bonchev–Trinajstić information content (AvgIpc) is 3.00. The Bertz CT molecular complexity index is 624. The number of aromatic nitrogens is 3. The maximum atomic E-state index is 12.1. The quantitative estimate of drug-likeness (QED) is 0.902. The normalized spacial score (nSPS) is 18.2. The van der Waals surface area contributed by atoms with Crippen LogP contribution in [-0.2, 0) is 0 Å². The molecule has 1 atom stereocenters. The summed E-state index contributed by atoms with van der Waals surface area (Å²) in [5.74, 6) is 1.17. The molecule has 6 nitrogen and oxygen atoms in total. The highest BCUT2D eigenvalue weighted by atomic mass is 16.1. The smallest absolute Gasteiger partial charge is 0.267 e. The van der Waals surface area contributed by atoms with Gasteiger partial charge in [-0.15, -0.1) is 0 Å². The summed E-state index contributed by atoms with van der Waals surface area (Å²) in [7, 11) is 0. The minimum atomic E-state index is -0.0319. The van der Waals surface area contributed by atoms with Crippen molar-refractivity contribution in [2.24, 2.45) is 5.92 Å². The number of nitrogens with zero attached hydrogens (tertiary/aromatic N) is 3. The van der Waals surface area contributed by atoms with Gasteiger partial charge in [0.05, 0.1) is 0 Å². The van der Waals surface area contributed by atoms with E-state index in [0.29, 0.717) is 18.2 Å². The Balaban J connectivity index is 1.55. The molecular weight excluding hydrogens is 278 g/mol. The molecule has 1 aliphatic rings. The Kier molecular flexibility index (Phi) is 4.37. The van der Waals surface area contributed by atoms with Gasteiger partial charge in [0.15, 0.2) is 0 Å². The van der Waals surface area contributed by atoms with Crippen molar-refractivity contribution in [2.45, 2.75) is 19.8 Å². The molecule has 3 rings (SSSR count). The second-order valence-electron chi connectivity index (χ2n) is 5.75. The Morgan fingerprint density at radius 2 is 2.27 bits per heavy atom. The lowest BCUT2D eigenvalue weighted by Gasteiger charge is -2.32. The zero-order valence-electron chi connectivity index (χ0n) is 12.7. The lowest BCUT2D eigenvalue weighted by atomic mass is 9.98.